The summed E-state index contributed by atoms with van der Waals surface area (Å²) in [5, 5.41) is 23.4. The number of likely N-dealkylation sites (N-methyl/N-ethyl adjacent to an activating group) is 3. The van der Waals surface area contributed by atoms with E-state index in [1.54, 1.807) is 6.92 Å². The summed E-state index contributed by atoms with van der Waals surface area (Å²) in [4.78, 5) is 8.80. The molecule has 2 N–H and O–H groups in total. The molecule has 2 heterocycles. The van der Waals surface area contributed by atoms with Gasteiger partial charge in [0.1, 0.15) is 0 Å². The van der Waals surface area contributed by atoms with Gasteiger partial charge in [0, 0.05) is 25.0 Å². The average Bonchev–Trinajstić information content (AvgIpc) is 2.69. The van der Waals surface area contributed by atoms with Crippen molar-refractivity contribution in [2.45, 2.75) is 39.8 Å². The van der Waals surface area contributed by atoms with Crippen LogP contribution in [0.5, 0.6) is 0 Å². The monoisotopic (exact) mass is 519 g/mol. The number of allylic oxidation sites excluding steroid dienone is 1. The number of nitrogens with zero attached hydrogens (tertiary/aromatic N) is 4. The molecule has 2 atom stereocenters. The summed E-state index contributed by atoms with van der Waals surface area (Å²) in [6.07, 6.45) is 5.87. The minimum atomic E-state index is -0.537. The number of pyridine rings is 1. The summed E-state index contributed by atoms with van der Waals surface area (Å²) in [7, 11) is 6.26. The van der Waals surface area contributed by atoms with Gasteiger partial charge in [-0.25, -0.2) is 0 Å². The molecule has 3 rings (SSSR count). The standard InChI is InChI=1S/C9H20N3.C9H7N.C5H10O2.CH4.Ru/c1-10-5-7-11(2)8-9-4-6-12(9)3;1-2-4-9-7-10-6-5-8(9)3-1;1-4(6)3-5(2)7;;/h9H,4-8H2,1-3H3;1-7H;3-4,6-7H,1-2H3;1H4;/q-1;;;;+3. The normalized spacial score (nSPS) is 16.5. The van der Waals surface area contributed by atoms with Crippen molar-refractivity contribution in [3.63, 3.8) is 0 Å². The zero-order valence-corrected chi connectivity index (χ0v) is 20.6. The van der Waals surface area contributed by atoms with E-state index in [-0.39, 0.29) is 32.7 Å². The Bertz CT molecular complexity index is 658. The molecule has 0 saturated carbocycles. The fourth-order valence-electron chi connectivity index (χ4n) is 2.90. The van der Waals surface area contributed by atoms with Crippen LogP contribution in [-0.2, 0) is 19.5 Å². The Kier molecular flexibility index (Phi) is 18.7. The summed E-state index contributed by atoms with van der Waals surface area (Å²) in [6, 6.07) is 11.0. The number of aliphatic hydroxyl groups excluding tert-OH is 2. The number of hydrogen-bond donors (Lipinski definition) is 2. The quantitative estimate of drug-likeness (QED) is 0.440. The number of aromatic nitrogens is 1. The van der Waals surface area contributed by atoms with Crippen molar-refractivity contribution in [1.29, 1.82) is 0 Å². The van der Waals surface area contributed by atoms with Gasteiger partial charge in [-0.2, -0.15) is 7.05 Å². The first kappa shape index (κ1) is 31.8. The molecule has 1 radical (unpaired) electrons. The van der Waals surface area contributed by atoms with Crippen LogP contribution >= 0.6 is 0 Å². The fraction of sp³-hybridized carbons (Fsp3) is 0.542. The van der Waals surface area contributed by atoms with Crippen LogP contribution in [0.1, 0.15) is 27.7 Å². The zero-order chi connectivity index (χ0) is 21.6. The summed E-state index contributed by atoms with van der Waals surface area (Å²) in [5.74, 6) is 0.162. The van der Waals surface area contributed by atoms with E-state index < -0.39 is 6.10 Å². The van der Waals surface area contributed by atoms with Crippen LogP contribution in [0.2, 0.25) is 0 Å². The third-order valence-corrected chi connectivity index (χ3v) is 4.70. The van der Waals surface area contributed by atoms with Crippen molar-refractivity contribution >= 4 is 10.8 Å². The summed E-state index contributed by atoms with van der Waals surface area (Å²) < 4.78 is 0. The molecular weight excluding hydrogens is 477 g/mol. The van der Waals surface area contributed by atoms with Crippen LogP contribution in [0.25, 0.3) is 16.1 Å². The first-order valence-corrected chi connectivity index (χ1v) is 10.1. The molecule has 0 aliphatic carbocycles. The fourth-order valence-corrected chi connectivity index (χ4v) is 2.90. The van der Waals surface area contributed by atoms with Crippen LogP contribution in [0.4, 0.5) is 0 Å². The van der Waals surface area contributed by atoms with Gasteiger partial charge in [0.2, 0.25) is 0 Å². The molecule has 1 aliphatic heterocycles. The molecule has 1 aliphatic rings. The first-order valence-electron chi connectivity index (χ1n) is 10.1. The minimum absolute atomic E-state index is 0. The SMILES string of the molecule is C.CC(O)=CC(C)O.C[N-]CCN(C)CC1CCN1C.[Ru+3].c1ccc2cnccc2c1. The Morgan fingerprint density at radius 2 is 1.97 bits per heavy atom. The van der Waals surface area contributed by atoms with Crippen LogP contribution < -0.4 is 0 Å². The van der Waals surface area contributed by atoms with E-state index in [9.17, 15) is 0 Å². The molecule has 175 valence electrons. The molecule has 2 unspecified atom stereocenters. The predicted molar refractivity (Wildman–Crippen MR) is 129 cm³/mol. The molecule has 1 saturated heterocycles. The molecule has 1 aromatic heterocycles. The number of hydrogen-bond acceptors (Lipinski definition) is 5. The van der Waals surface area contributed by atoms with Crippen LogP contribution in [0.3, 0.4) is 0 Å². The van der Waals surface area contributed by atoms with E-state index >= 15 is 0 Å². The van der Waals surface area contributed by atoms with E-state index in [1.165, 1.54) is 43.3 Å². The second kappa shape index (κ2) is 18.2. The van der Waals surface area contributed by atoms with Gasteiger partial charge in [-0.05, 0) is 70.4 Å². The van der Waals surface area contributed by atoms with Gasteiger partial charge in [0.15, 0.2) is 0 Å². The maximum atomic E-state index is 8.49. The van der Waals surface area contributed by atoms with Gasteiger partial charge < -0.3 is 25.3 Å². The van der Waals surface area contributed by atoms with Gasteiger partial charge in [-0.3, -0.25) is 4.98 Å². The van der Waals surface area contributed by atoms with Gasteiger partial charge in [-0.15, -0.1) is 6.54 Å². The van der Waals surface area contributed by atoms with Crippen molar-refractivity contribution in [2.24, 2.45) is 0 Å². The smallest absolute Gasteiger partial charge is 0.664 e. The molecule has 6 nitrogen and oxygen atoms in total. The Balaban J connectivity index is 0. The molecule has 0 amide bonds. The van der Waals surface area contributed by atoms with Crippen molar-refractivity contribution in [3.8, 4) is 0 Å². The van der Waals surface area contributed by atoms with Crippen LogP contribution in [-0.4, -0.2) is 84.5 Å². The Morgan fingerprint density at radius 3 is 2.39 bits per heavy atom. The minimum Gasteiger partial charge on any atom is -0.664 e. The second-order valence-electron chi connectivity index (χ2n) is 7.50. The molecule has 1 fully saturated rings. The topological polar surface area (TPSA) is 73.9 Å². The second-order valence-corrected chi connectivity index (χ2v) is 7.50. The molecule has 0 spiro atoms. The maximum Gasteiger partial charge on any atom is 3.00 e. The van der Waals surface area contributed by atoms with Gasteiger partial charge in [-0.1, -0.05) is 31.7 Å². The third kappa shape index (κ3) is 14.3. The summed E-state index contributed by atoms with van der Waals surface area (Å²) >= 11 is 0. The van der Waals surface area contributed by atoms with E-state index in [1.807, 2.05) is 37.6 Å². The number of aliphatic hydroxyl groups is 2. The van der Waals surface area contributed by atoms with Crippen LogP contribution in [0, 0.1) is 0 Å². The van der Waals surface area contributed by atoms with E-state index in [2.05, 4.69) is 46.3 Å². The maximum absolute atomic E-state index is 8.49. The van der Waals surface area contributed by atoms with Gasteiger partial charge in [0.25, 0.3) is 0 Å². The summed E-state index contributed by atoms with van der Waals surface area (Å²) in [6.45, 7) is 7.64. The van der Waals surface area contributed by atoms with Crippen molar-refractivity contribution in [1.82, 2.24) is 14.8 Å². The van der Waals surface area contributed by atoms with Crippen molar-refractivity contribution < 1.29 is 29.7 Å². The Hall–Kier alpha value is -1.37. The van der Waals surface area contributed by atoms with Crippen LogP contribution in [0.15, 0.2) is 54.6 Å². The molecule has 31 heavy (non-hydrogen) atoms. The number of likely N-dealkylation sites (tertiary alicyclic amines) is 1. The number of benzene rings is 1. The Labute approximate surface area is 202 Å². The first-order chi connectivity index (χ1) is 13.8. The molecule has 0 bridgehead atoms. The molecular formula is C24H41N4O2Ru+2. The average molecular weight is 519 g/mol. The third-order valence-electron chi connectivity index (χ3n) is 4.70. The van der Waals surface area contributed by atoms with E-state index in [0.717, 1.165) is 19.1 Å². The molecule has 7 heteroatoms. The molecule has 1 aromatic carbocycles. The summed E-state index contributed by atoms with van der Waals surface area (Å²) in [5.41, 5.74) is 0. The van der Waals surface area contributed by atoms with Gasteiger partial charge in [0.05, 0.1) is 11.9 Å². The van der Waals surface area contributed by atoms with E-state index in [4.69, 9.17) is 10.2 Å². The van der Waals surface area contributed by atoms with Crippen molar-refractivity contribution in [2.75, 3.05) is 47.3 Å². The predicted octanol–water partition coefficient (Wildman–Crippen LogP) is 4.32. The Morgan fingerprint density at radius 1 is 1.32 bits per heavy atom. The van der Waals surface area contributed by atoms with E-state index in [0.29, 0.717) is 0 Å². The number of fused-ring (bicyclic) bond motifs is 1. The van der Waals surface area contributed by atoms with Gasteiger partial charge >= 0.3 is 19.5 Å². The number of rotatable bonds is 6. The van der Waals surface area contributed by atoms with Crippen molar-refractivity contribution in [3.05, 3.63) is 59.9 Å². The molecule has 2 aromatic rings. The zero-order valence-electron chi connectivity index (χ0n) is 18.8. The largest absolute Gasteiger partial charge is 3.00 e.